The number of nitrogens with zero attached hydrogens (tertiary/aromatic N) is 7. The zero-order valence-electron chi connectivity index (χ0n) is 34.3. The maximum atomic E-state index is 15.5. The molecule has 2 aromatic carbocycles. The van der Waals surface area contributed by atoms with Gasteiger partial charge >= 0.3 is 0 Å². The molecule has 0 aliphatic carbocycles. The molecule has 2 amide bonds. The fraction of sp³-hybridized carbons (Fsp3) is 0.333. The van der Waals surface area contributed by atoms with Crippen LogP contribution < -0.4 is 24.8 Å². The molecule has 6 aromatic rings. The van der Waals surface area contributed by atoms with Gasteiger partial charge in [0.25, 0.3) is 0 Å². The molecule has 7 heterocycles. The van der Waals surface area contributed by atoms with Gasteiger partial charge in [0.05, 0.1) is 53.5 Å². The first kappa shape index (κ1) is 42.7. The number of hydrogen-bond acceptors (Lipinski definition) is 10. The van der Waals surface area contributed by atoms with Crippen molar-refractivity contribution in [2.45, 2.75) is 52.4 Å². The van der Waals surface area contributed by atoms with Gasteiger partial charge in [0, 0.05) is 115 Å². The molecule has 3 fully saturated rings. The van der Waals surface area contributed by atoms with Crippen LogP contribution in [0.1, 0.15) is 49.7 Å². The average Bonchev–Trinajstić information content (AvgIpc) is 3.26. The Labute approximate surface area is 363 Å². The Balaban J connectivity index is 0.000000211. The van der Waals surface area contributed by atoms with Crippen molar-refractivity contribution in [2.75, 3.05) is 66.5 Å². The van der Waals surface area contributed by atoms with Crippen molar-refractivity contribution in [1.29, 1.82) is 0 Å². The highest BCUT2D eigenvalue weighted by Gasteiger charge is 2.28. The van der Waals surface area contributed by atoms with Crippen LogP contribution in [0.2, 0.25) is 0 Å². The molecule has 0 spiro atoms. The van der Waals surface area contributed by atoms with Crippen LogP contribution >= 0.6 is 15.9 Å². The molecule has 0 radical (unpaired) electrons. The third-order valence-corrected chi connectivity index (χ3v) is 12.3. The average molecular weight is 916 g/mol. The summed E-state index contributed by atoms with van der Waals surface area (Å²) in [5, 5.41) is 3.83. The van der Waals surface area contributed by atoms with Crippen molar-refractivity contribution in [3.05, 3.63) is 93.7 Å². The van der Waals surface area contributed by atoms with Gasteiger partial charge in [-0.15, -0.1) is 0 Å². The number of piperidine rings is 2. The van der Waals surface area contributed by atoms with E-state index < -0.39 is 23.3 Å². The van der Waals surface area contributed by atoms with Gasteiger partial charge < -0.3 is 19.7 Å². The molecule has 3 aliphatic rings. The largest absolute Gasteiger partial charge is 0.481 e. The number of benzene rings is 2. The van der Waals surface area contributed by atoms with Crippen molar-refractivity contribution < 1.29 is 36.6 Å². The predicted octanol–water partition coefficient (Wildman–Crippen LogP) is 9.48. The number of pyridine rings is 4. The monoisotopic (exact) mass is 914 g/mol. The zero-order valence-corrected chi connectivity index (χ0v) is 35.9. The lowest BCUT2D eigenvalue weighted by Crippen LogP contribution is -2.36. The smallest absolute Gasteiger partial charge is 0.228 e. The molecule has 1 N–H and O–H groups in total. The number of hydrogen-bond donors (Lipinski definition) is 1. The van der Waals surface area contributed by atoms with Crippen LogP contribution in [0, 0.1) is 37.1 Å². The summed E-state index contributed by atoms with van der Waals surface area (Å²) >= 11 is 3.35. The third kappa shape index (κ3) is 8.60. The van der Waals surface area contributed by atoms with Crippen LogP contribution in [-0.2, 0) is 14.3 Å². The number of morpholine rings is 1. The Hall–Kier alpha value is -5.94. The van der Waals surface area contributed by atoms with Gasteiger partial charge in [0.1, 0.15) is 40.7 Å². The second-order valence-electron chi connectivity index (χ2n) is 15.3. The molecular weight excluding hydrogens is 872 g/mol. The number of carbonyl (C=O) groups is 2. The Morgan fingerprint density at radius 1 is 0.726 bits per heavy atom. The first-order valence-electron chi connectivity index (χ1n) is 20.4. The minimum Gasteiger partial charge on any atom is -0.481 e. The zero-order chi connectivity index (χ0) is 43.7. The Kier molecular flexibility index (Phi) is 12.5. The molecule has 62 heavy (non-hydrogen) atoms. The molecule has 322 valence electrons. The Bertz CT molecular complexity index is 2700. The van der Waals surface area contributed by atoms with Crippen LogP contribution in [0.15, 0.2) is 59.3 Å². The number of nitrogens with one attached hydrogen (secondary N) is 1. The van der Waals surface area contributed by atoms with E-state index in [1.54, 1.807) is 49.2 Å². The summed E-state index contributed by atoms with van der Waals surface area (Å²) in [6, 6.07) is 9.59. The Morgan fingerprint density at radius 2 is 1.32 bits per heavy atom. The highest BCUT2D eigenvalue weighted by molar-refractivity contribution is 9.10. The van der Waals surface area contributed by atoms with Crippen molar-refractivity contribution in [3.8, 4) is 17.0 Å². The predicted molar refractivity (Wildman–Crippen MR) is 233 cm³/mol. The van der Waals surface area contributed by atoms with E-state index in [4.69, 9.17) is 14.5 Å². The normalized spacial score (nSPS) is 15.8. The van der Waals surface area contributed by atoms with Gasteiger partial charge in [-0.3, -0.25) is 19.4 Å². The van der Waals surface area contributed by atoms with Gasteiger partial charge in [0.2, 0.25) is 17.7 Å². The standard InChI is InChI=1S/C30H30F2N6O3.C15H13BrF2N2O/c1-18-29(28-22(32)13-20(31)14-24(28)36-30(18)38-8-4-3-5-27(38)39)35-23-15-25(37-9-11-41-12-10-37)33-17-21(23)19-6-7-26(40-2)34-16-19;1-8-14(16)13-10(18)6-9(17)7-11(13)19-15(8)20-5-3-2-4-12(20)21/h6-7,13-17H,3-5,8-12H2,1-2H3,(H,33,35,36);6-7H,2-5H2,1H3. The van der Waals surface area contributed by atoms with E-state index in [0.29, 0.717) is 96.7 Å². The summed E-state index contributed by atoms with van der Waals surface area (Å²) in [5.41, 5.74) is 4.14. The maximum Gasteiger partial charge on any atom is 0.228 e. The highest BCUT2D eigenvalue weighted by Crippen LogP contribution is 2.41. The number of amides is 2. The van der Waals surface area contributed by atoms with E-state index in [1.807, 2.05) is 12.1 Å². The van der Waals surface area contributed by atoms with Gasteiger partial charge in [-0.1, -0.05) is 0 Å². The summed E-state index contributed by atoms with van der Waals surface area (Å²) < 4.78 is 68.4. The summed E-state index contributed by atoms with van der Waals surface area (Å²) in [7, 11) is 1.55. The number of anilines is 5. The summed E-state index contributed by atoms with van der Waals surface area (Å²) in [5.74, 6) is -0.817. The van der Waals surface area contributed by atoms with E-state index in [-0.39, 0.29) is 33.6 Å². The second kappa shape index (κ2) is 18.2. The minimum atomic E-state index is -0.746. The molecule has 0 bridgehead atoms. The number of rotatable bonds is 7. The molecule has 12 nitrogen and oxygen atoms in total. The number of methoxy groups -OCH3 is 1. The van der Waals surface area contributed by atoms with Gasteiger partial charge in [-0.25, -0.2) is 37.5 Å². The maximum absolute atomic E-state index is 15.5. The number of carbonyl (C=O) groups excluding carboxylic acids is 2. The van der Waals surface area contributed by atoms with Crippen LogP contribution in [0.5, 0.6) is 5.88 Å². The van der Waals surface area contributed by atoms with Crippen molar-refractivity contribution in [2.24, 2.45) is 0 Å². The quantitative estimate of drug-likeness (QED) is 0.155. The number of halogens is 5. The summed E-state index contributed by atoms with van der Waals surface area (Å²) in [4.78, 5) is 48.3. The van der Waals surface area contributed by atoms with E-state index in [1.165, 1.54) is 12.1 Å². The second-order valence-corrected chi connectivity index (χ2v) is 16.1. The lowest BCUT2D eigenvalue weighted by atomic mass is 10.0. The fourth-order valence-corrected chi connectivity index (χ4v) is 8.59. The van der Waals surface area contributed by atoms with E-state index in [0.717, 1.165) is 54.8 Å². The topological polar surface area (TPSA) is 126 Å². The van der Waals surface area contributed by atoms with E-state index in [2.05, 4.69) is 41.1 Å². The van der Waals surface area contributed by atoms with Crippen molar-refractivity contribution in [3.63, 3.8) is 0 Å². The molecular formula is C45H43BrF4N8O4. The third-order valence-electron chi connectivity index (χ3n) is 11.3. The van der Waals surface area contributed by atoms with E-state index in [9.17, 15) is 22.8 Å². The summed E-state index contributed by atoms with van der Waals surface area (Å²) in [6.07, 6.45) is 7.72. The Morgan fingerprint density at radius 3 is 1.90 bits per heavy atom. The van der Waals surface area contributed by atoms with Crippen LogP contribution in [-0.4, -0.2) is 78.3 Å². The molecule has 0 atom stereocenters. The molecule has 17 heteroatoms. The molecule has 4 aromatic heterocycles. The molecule has 3 aliphatic heterocycles. The molecule has 0 unspecified atom stereocenters. The van der Waals surface area contributed by atoms with Gasteiger partial charge in [-0.2, -0.15) is 0 Å². The van der Waals surface area contributed by atoms with Crippen LogP contribution in [0.4, 0.5) is 46.4 Å². The van der Waals surface area contributed by atoms with E-state index >= 15 is 4.39 Å². The molecule has 0 saturated carbocycles. The number of aromatic nitrogens is 4. The molecule has 3 saturated heterocycles. The first-order valence-corrected chi connectivity index (χ1v) is 21.2. The number of ether oxygens (including phenoxy) is 2. The first-order chi connectivity index (χ1) is 29.9. The molecule has 9 rings (SSSR count). The van der Waals surface area contributed by atoms with Crippen LogP contribution in [0.3, 0.4) is 0 Å². The lowest BCUT2D eigenvalue weighted by Gasteiger charge is -2.30. The highest BCUT2D eigenvalue weighted by atomic mass is 79.9. The van der Waals surface area contributed by atoms with Crippen molar-refractivity contribution >= 4 is 78.4 Å². The van der Waals surface area contributed by atoms with Gasteiger partial charge in [0.15, 0.2) is 0 Å². The number of fused-ring (bicyclic) bond motifs is 2. The lowest BCUT2D eigenvalue weighted by molar-refractivity contribution is -0.120. The van der Waals surface area contributed by atoms with Crippen LogP contribution in [0.25, 0.3) is 32.9 Å². The SMILES string of the molecule is COc1ccc(-c2cnc(N3CCOCC3)cc2Nc2c(C)c(N3CCCCC3=O)nc3cc(F)cc(F)c23)cn1.Cc1c(N2CCCCC2=O)nc2cc(F)cc(F)c2c1Br. The van der Waals surface area contributed by atoms with Crippen molar-refractivity contribution in [1.82, 2.24) is 19.9 Å². The fourth-order valence-electron chi connectivity index (χ4n) is 8.02. The summed E-state index contributed by atoms with van der Waals surface area (Å²) in [6.45, 7) is 7.20. The minimum absolute atomic E-state index is 0.0000231. The van der Waals surface area contributed by atoms with Gasteiger partial charge in [-0.05, 0) is 61.5 Å².